The Labute approximate surface area is 125 Å². The minimum Gasteiger partial charge on any atom is -0.326 e. The molecule has 2 atom stereocenters. The molecule has 0 heterocycles. The van der Waals surface area contributed by atoms with Crippen LogP contribution in [0.1, 0.15) is 45.2 Å². The van der Waals surface area contributed by atoms with E-state index in [1.54, 1.807) is 0 Å². The normalized spacial score (nSPS) is 18.9. The second-order valence-corrected chi connectivity index (χ2v) is 6.91. The molecule has 2 N–H and O–H groups in total. The fourth-order valence-electron chi connectivity index (χ4n) is 2.72. The Balaban J connectivity index is 2.28. The second kappa shape index (κ2) is 6.38. The average molecular weight is 325 g/mol. The topological polar surface area (TPSA) is 29.3 Å². The van der Waals surface area contributed by atoms with Gasteiger partial charge in [-0.1, -0.05) is 34.1 Å². The Morgan fingerprint density at radius 2 is 1.89 bits per heavy atom. The van der Waals surface area contributed by atoms with Crippen LogP contribution < -0.4 is 5.73 Å². The van der Waals surface area contributed by atoms with E-state index < -0.39 is 0 Å². The molecule has 3 heteroatoms. The molecule has 0 aromatic heterocycles. The molecule has 1 aromatic rings. The van der Waals surface area contributed by atoms with Gasteiger partial charge in [0, 0.05) is 23.1 Å². The third-order valence-corrected chi connectivity index (χ3v) is 4.63. The van der Waals surface area contributed by atoms with Crippen LogP contribution in [-0.4, -0.2) is 23.5 Å². The summed E-state index contributed by atoms with van der Waals surface area (Å²) in [6.45, 7) is 7.83. The van der Waals surface area contributed by atoms with Crippen molar-refractivity contribution in [3.8, 4) is 0 Å². The van der Waals surface area contributed by atoms with Crippen molar-refractivity contribution in [1.29, 1.82) is 0 Å². The summed E-state index contributed by atoms with van der Waals surface area (Å²) in [7, 11) is 0. The number of hydrogen-bond acceptors (Lipinski definition) is 2. The molecule has 2 rings (SSSR count). The summed E-state index contributed by atoms with van der Waals surface area (Å²) in [6.07, 6.45) is 2.76. The Bertz CT molecular complexity index is 413. The van der Waals surface area contributed by atoms with Crippen LogP contribution in [0.5, 0.6) is 0 Å². The molecule has 1 saturated carbocycles. The number of nitrogens with zero attached hydrogens (tertiary/aromatic N) is 1. The van der Waals surface area contributed by atoms with Gasteiger partial charge in [0.15, 0.2) is 0 Å². The monoisotopic (exact) mass is 324 g/mol. The summed E-state index contributed by atoms with van der Waals surface area (Å²) in [5, 5.41) is 0. The fourth-order valence-corrected chi connectivity index (χ4v) is 3.24. The zero-order valence-electron chi connectivity index (χ0n) is 12.1. The molecule has 1 aromatic carbocycles. The molecule has 0 bridgehead atoms. The average Bonchev–Trinajstić information content (AvgIpc) is 3.14. The number of nitrogens with two attached hydrogens (primary N) is 1. The van der Waals surface area contributed by atoms with Gasteiger partial charge >= 0.3 is 0 Å². The van der Waals surface area contributed by atoms with Crippen molar-refractivity contribution in [2.45, 2.75) is 51.7 Å². The van der Waals surface area contributed by atoms with Crippen molar-refractivity contribution in [2.75, 3.05) is 6.54 Å². The highest BCUT2D eigenvalue weighted by Crippen LogP contribution is 2.36. The van der Waals surface area contributed by atoms with E-state index in [4.69, 9.17) is 5.73 Å². The van der Waals surface area contributed by atoms with Crippen LogP contribution in [0.3, 0.4) is 0 Å². The van der Waals surface area contributed by atoms with Crippen LogP contribution in [-0.2, 0) is 0 Å². The lowest BCUT2D eigenvalue weighted by Gasteiger charge is -2.38. The zero-order chi connectivity index (χ0) is 14.0. The first-order valence-corrected chi connectivity index (χ1v) is 8.05. The molecule has 19 heavy (non-hydrogen) atoms. The maximum atomic E-state index is 6.31. The van der Waals surface area contributed by atoms with Gasteiger partial charge in [-0.25, -0.2) is 0 Å². The van der Waals surface area contributed by atoms with E-state index in [-0.39, 0.29) is 12.1 Å². The van der Waals surface area contributed by atoms with Gasteiger partial charge in [-0.2, -0.15) is 0 Å². The van der Waals surface area contributed by atoms with Crippen LogP contribution in [0.2, 0.25) is 0 Å². The largest absolute Gasteiger partial charge is 0.326 e. The maximum absolute atomic E-state index is 6.31. The van der Waals surface area contributed by atoms with Gasteiger partial charge in [0.1, 0.15) is 0 Å². The summed E-state index contributed by atoms with van der Waals surface area (Å²) < 4.78 is 1.17. The first-order valence-electron chi connectivity index (χ1n) is 7.26. The Morgan fingerprint density at radius 3 is 2.37 bits per heavy atom. The smallest absolute Gasteiger partial charge is 0.0510 e. The van der Waals surface area contributed by atoms with E-state index in [1.807, 2.05) is 0 Å². The molecular weight excluding hydrogens is 300 g/mol. The van der Waals surface area contributed by atoms with Gasteiger partial charge in [-0.15, -0.1) is 0 Å². The van der Waals surface area contributed by atoms with Gasteiger partial charge in [0.2, 0.25) is 0 Å². The van der Waals surface area contributed by atoms with Crippen molar-refractivity contribution in [1.82, 2.24) is 4.90 Å². The summed E-state index contributed by atoms with van der Waals surface area (Å²) in [5.41, 5.74) is 7.62. The molecule has 0 radical (unpaired) electrons. The van der Waals surface area contributed by atoms with E-state index >= 15 is 0 Å². The SMILES string of the molecule is CC(N)C(c1ccccc1Br)N(CC1CC1)C(C)C. The van der Waals surface area contributed by atoms with Crippen LogP contribution in [0.15, 0.2) is 28.7 Å². The summed E-state index contributed by atoms with van der Waals surface area (Å²) in [5.74, 6) is 0.881. The molecule has 2 nitrogen and oxygen atoms in total. The van der Waals surface area contributed by atoms with Gasteiger partial charge in [-0.3, -0.25) is 4.90 Å². The maximum Gasteiger partial charge on any atom is 0.0510 e. The second-order valence-electron chi connectivity index (χ2n) is 6.06. The third kappa shape index (κ3) is 3.80. The quantitative estimate of drug-likeness (QED) is 0.858. The fraction of sp³-hybridized carbons (Fsp3) is 0.625. The predicted octanol–water partition coefficient (Wildman–Crippen LogP) is 3.96. The van der Waals surface area contributed by atoms with E-state index in [1.165, 1.54) is 29.4 Å². The minimum absolute atomic E-state index is 0.125. The Morgan fingerprint density at radius 1 is 1.26 bits per heavy atom. The number of benzene rings is 1. The van der Waals surface area contributed by atoms with E-state index in [9.17, 15) is 0 Å². The summed E-state index contributed by atoms with van der Waals surface area (Å²) >= 11 is 3.68. The van der Waals surface area contributed by atoms with Gasteiger partial charge in [0.05, 0.1) is 6.04 Å². The van der Waals surface area contributed by atoms with Crippen LogP contribution in [0.25, 0.3) is 0 Å². The standard InChI is InChI=1S/C16H25BrN2/c1-11(2)19(10-13-8-9-13)16(12(3)18)14-6-4-5-7-15(14)17/h4-7,11-13,16H,8-10,18H2,1-3H3. The van der Waals surface area contributed by atoms with Crippen LogP contribution in [0, 0.1) is 5.92 Å². The lowest BCUT2D eigenvalue weighted by molar-refractivity contribution is 0.128. The zero-order valence-corrected chi connectivity index (χ0v) is 13.7. The number of rotatable bonds is 6. The molecule has 2 unspecified atom stereocenters. The Kier molecular flexibility index (Phi) is 5.04. The van der Waals surface area contributed by atoms with Crippen molar-refractivity contribution >= 4 is 15.9 Å². The van der Waals surface area contributed by atoms with Crippen LogP contribution in [0.4, 0.5) is 0 Å². The lowest BCUT2D eigenvalue weighted by Crippen LogP contribution is -2.44. The van der Waals surface area contributed by atoms with E-state index in [0.29, 0.717) is 6.04 Å². The molecule has 0 amide bonds. The number of halogens is 1. The van der Waals surface area contributed by atoms with Crippen molar-refractivity contribution in [2.24, 2.45) is 11.7 Å². The lowest BCUT2D eigenvalue weighted by atomic mass is 9.97. The minimum atomic E-state index is 0.125. The predicted molar refractivity (Wildman–Crippen MR) is 85.1 cm³/mol. The highest BCUT2D eigenvalue weighted by atomic mass is 79.9. The highest BCUT2D eigenvalue weighted by molar-refractivity contribution is 9.10. The first kappa shape index (κ1) is 15.0. The molecule has 0 spiro atoms. The Hall–Kier alpha value is -0.380. The third-order valence-electron chi connectivity index (χ3n) is 3.91. The van der Waals surface area contributed by atoms with Crippen molar-refractivity contribution in [3.05, 3.63) is 34.3 Å². The van der Waals surface area contributed by atoms with Crippen LogP contribution >= 0.6 is 15.9 Å². The summed E-state index contributed by atoms with van der Waals surface area (Å²) in [6, 6.07) is 9.40. The highest BCUT2D eigenvalue weighted by Gasteiger charge is 2.32. The molecule has 1 aliphatic rings. The molecular formula is C16H25BrN2. The van der Waals surface area contributed by atoms with Gasteiger partial charge < -0.3 is 5.73 Å². The van der Waals surface area contributed by atoms with E-state index in [0.717, 1.165) is 5.92 Å². The molecule has 0 saturated heterocycles. The number of hydrogen-bond donors (Lipinski definition) is 1. The molecule has 106 valence electrons. The first-order chi connectivity index (χ1) is 9.00. The summed E-state index contributed by atoms with van der Waals surface area (Å²) in [4.78, 5) is 2.57. The van der Waals surface area contributed by atoms with Gasteiger partial charge in [0.25, 0.3) is 0 Å². The molecule has 1 fully saturated rings. The van der Waals surface area contributed by atoms with E-state index in [2.05, 4.69) is 65.9 Å². The van der Waals surface area contributed by atoms with Gasteiger partial charge in [-0.05, 0) is 51.2 Å². The van der Waals surface area contributed by atoms with Crippen molar-refractivity contribution < 1.29 is 0 Å². The molecule has 0 aliphatic heterocycles. The van der Waals surface area contributed by atoms with Crippen molar-refractivity contribution in [3.63, 3.8) is 0 Å². The molecule has 1 aliphatic carbocycles.